The van der Waals surface area contributed by atoms with E-state index in [0.717, 1.165) is 49.3 Å². The summed E-state index contributed by atoms with van der Waals surface area (Å²) in [5.74, 6) is 1.49. The van der Waals surface area contributed by atoms with Gasteiger partial charge < -0.3 is 15.6 Å². The lowest BCUT2D eigenvalue weighted by atomic mass is 9.53. The number of hydrogen-bond donors (Lipinski definition) is 2. The maximum absolute atomic E-state index is 8.49. The average Bonchev–Trinajstić information content (AvgIpc) is 3.62. The van der Waals surface area contributed by atoms with Crippen molar-refractivity contribution in [1.82, 2.24) is 15.2 Å². The van der Waals surface area contributed by atoms with Gasteiger partial charge >= 0.3 is 0 Å². The number of hydrogen-bond acceptors (Lipinski definition) is 4. The van der Waals surface area contributed by atoms with E-state index in [4.69, 9.17) is 10.4 Å². The van der Waals surface area contributed by atoms with Crippen molar-refractivity contribution in [3.05, 3.63) is 64.1 Å². The third-order valence-electron chi connectivity index (χ3n) is 7.52. The first kappa shape index (κ1) is 23.7. The number of benzene rings is 1. The number of aromatic nitrogens is 1. The van der Waals surface area contributed by atoms with Crippen molar-refractivity contribution in [3.8, 4) is 11.3 Å². The molecule has 2 aliphatic rings. The maximum atomic E-state index is 8.49. The van der Waals surface area contributed by atoms with Gasteiger partial charge in [-0.2, -0.15) is 0 Å². The van der Waals surface area contributed by atoms with Crippen molar-refractivity contribution < 1.29 is 0 Å². The molecule has 1 unspecified atom stereocenters. The van der Waals surface area contributed by atoms with Crippen molar-refractivity contribution in [1.29, 1.82) is 5.41 Å². The molecule has 1 saturated carbocycles. The molecule has 2 N–H and O–H groups in total. The van der Waals surface area contributed by atoms with Crippen LogP contribution in [0.3, 0.4) is 0 Å². The molecule has 4 nitrogen and oxygen atoms in total. The number of rotatable bonds is 7. The normalized spacial score (nSPS) is 19.8. The molecule has 1 atom stereocenters. The smallest absolute Gasteiger partial charge is 0.129 e. The minimum absolute atomic E-state index is 0.223. The lowest BCUT2D eigenvalue weighted by Gasteiger charge is -2.51. The van der Waals surface area contributed by atoms with E-state index in [9.17, 15) is 0 Å². The summed E-state index contributed by atoms with van der Waals surface area (Å²) in [6.07, 6.45) is 7.29. The van der Waals surface area contributed by atoms with Gasteiger partial charge in [0.2, 0.25) is 0 Å². The quantitative estimate of drug-likeness (QED) is 0.514. The zero-order valence-electron chi connectivity index (χ0n) is 21.5. The molecule has 172 valence electrons. The molecule has 1 aliphatic carbocycles. The molecule has 0 spiro atoms. The number of fused-ring (bicyclic) bond motifs is 1. The molecule has 4 rings (SSSR count). The van der Waals surface area contributed by atoms with Crippen LogP contribution in [0.5, 0.6) is 0 Å². The van der Waals surface area contributed by atoms with Crippen molar-refractivity contribution in [3.63, 3.8) is 0 Å². The fourth-order valence-corrected chi connectivity index (χ4v) is 5.92. The van der Waals surface area contributed by atoms with Crippen LogP contribution in [0, 0.1) is 18.3 Å². The first-order chi connectivity index (χ1) is 15.7. The molecular formula is C27H38B2N4. The van der Waals surface area contributed by atoms with E-state index >= 15 is 0 Å². The summed E-state index contributed by atoms with van der Waals surface area (Å²) in [7, 11) is 6.59. The lowest BCUT2D eigenvalue weighted by molar-refractivity contribution is 0.186. The standard InChI is InChI=1S/C27H38B2N4/c1-6-18-9-8-10-19(7-2)25(18)22-13-16(3)26-23(32-22)14-17(4)33(27(26,28)29)24(31-5)15-21(30)20-11-12-20/h8-10,13,15,17,20,30-31H,6-7,11-12,14,28-29H2,1-5H3/b24-15+,30-21?. The van der Waals surface area contributed by atoms with Crippen LogP contribution in [0.15, 0.2) is 36.2 Å². The van der Waals surface area contributed by atoms with Crippen LogP contribution >= 0.6 is 0 Å². The summed E-state index contributed by atoms with van der Waals surface area (Å²) >= 11 is 0. The fourth-order valence-electron chi connectivity index (χ4n) is 5.92. The minimum Gasteiger partial charge on any atom is -0.375 e. The summed E-state index contributed by atoms with van der Waals surface area (Å²) in [6.45, 7) is 9.00. The topological polar surface area (TPSA) is 52.0 Å². The lowest BCUT2D eigenvalue weighted by Crippen LogP contribution is -2.57. The van der Waals surface area contributed by atoms with E-state index < -0.39 is 0 Å². The predicted molar refractivity (Wildman–Crippen MR) is 145 cm³/mol. The Hall–Kier alpha value is -2.49. The molecule has 2 aromatic rings. The van der Waals surface area contributed by atoms with Gasteiger partial charge in [-0.1, -0.05) is 32.0 Å². The summed E-state index contributed by atoms with van der Waals surface area (Å²) in [6, 6.07) is 9.26. The summed E-state index contributed by atoms with van der Waals surface area (Å²) in [5, 5.41) is 11.7. The highest BCUT2D eigenvalue weighted by Gasteiger charge is 2.41. The Labute approximate surface area is 201 Å². The maximum Gasteiger partial charge on any atom is 0.129 e. The van der Waals surface area contributed by atoms with Crippen LogP contribution in [-0.2, 0) is 24.6 Å². The van der Waals surface area contributed by atoms with Crippen LogP contribution in [0.1, 0.15) is 61.6 Å². The third-order valence-corrected chi connectivity index (χ3v) is 7.52. The second kappa shape index (κ2) is 9.04. The van der Waals surface area contributed by atoms with Gasteiger partial charge in [0, 0.05) is 47.7 Å². The zero-order valence-corrected chi connectivity index (χ0v) is 21.5. The van der Waals surface area contributed by atoms with Crippen LogP contribution < -0.4 is 5.32 Å². The van der Waals surface area contributed by atoms with Gasteiger partial charge in [-0.05, 0) is 73.9 Å². The van der Waals surface area contributed by atoms with E-state index in [1.165, 1.54) is 33.5 Å². The van der Waals surface area contributed by atoms with Crippen LogP contribution in [0.2, 0.25) is 0 Å². The summed E-state index contributed by atoms with van der Waals surface area (Å²) < 4.78 is 0. The minimum atomic E-state index is -0.223. The molecule has 2 heterocycles. The molecule has 0 saturated heterocycles. The molecule has 33 heavy (non-hydrogen) atoms. The van der Waals surface area contributed by atoms with Gasteiger partial charge in [-0.25, -0.2) is 0 Å². The molecule has 0 radical (unpaired) electrons. The van der Waals surface area contributed by atoms with Gasteiger partial charge in [0.05, 0.1) is 5.69 Å². The van der Waals surface area contributed by atoms with Gasteiger partial charge in [0.15, 0.2) is 0 Å². The highest BCUT2D eigenvalue weighted by atomic mass is 15.3. The van der Waals surface area contributed by atoms with Gasteiger partial charge in [0.1, 0.15) is 21.5 Å². The third kappa shape index (κ3) is 4.25. The second-order valence-corrected chi connectivity index (χ2v) is 10.3. The van der Waals surface area contributed by atoms with Crippen LogP contribution in [0.4, 0.5) is 0 Å². The SMILES string of the molecule is BC1(B)c2c(C)cc(-c3c(CC)cccc3CC)nc2CC(C)N1/C(=C/C(=N)C1CC1)NC. The Morgan fingerprint density at radius 3 is 2.42 bits per heavy atom. The number of pyridine rings is 1. The van der Waals surface area contributed by atoms with Crippen LogP contribution in [0.25, 0.3) is 11.3 Å². The molecular weight excluding hydrogens is 402 g/mol. The molecule has 0 bridgehead atoms. The molecule has 1 aliphatic heterocycles. The van der Waals surface area contributed by atoms with Crippen molar-refractivity contribution >= 4 is 21.4 Å². The van der Waals surface area contributed by atoms with Crippen LogP contribution in [-0.4, -0.2) is 44.4 Å². The Morgan fingerprint density at radius 1 is 1.24 bits per heavy atom. The molecule has 6 heteroatoms. The van der Waals surface area contributed by atoms with Gasteiger partial charge in [0.25, 0.3) is 0 Å². The molecule has 1 aromatic carbocycles. The first-order valence-electron chi connectivity index (χ1n) is 12.6. The predicted octanol–water partition coefficient (Wildman–Crippen LogP) is 3.30. The second-order valence-electron chi connectivity index (χ2n) is 10.3. The van der Waals surface area contributed by atoms with E-state index in [-0.39, 0.29) is 11.4 Å². The van der Waals surface area contributed by atoms with E-state index in [1.54, 1.807) is 0 Å². The first-order valence-corrected chi connectivity index (χ1v) is 12.6. The van der Waals surface area contributed by atoms with Gasteiger partial charge in [-0.15, -0.1) is 0 Å². The highest BCUT2D eigenvalue weighted by molar-refractivity contribution is 6.40. The average molecular weight is 440 g/mol. The Bertz CT molecular complexity index is 1080. The molecule has 1 fully saturated rings. The van der Waals surface area contributed by atoms with E-state index in [1.807, 2.05) is 7.05 Å². The Balaban J connectivity index is 1.82. The number of nitrogens with zero attached hydrogens (tertiary/aromatic N) is 2. The summed E-state index contributed by atoms with van der Waals surface area (Å²) in [5.41, 5.74) is 9.82. The van der Waals surface area contributed by atoms with E-state index in [2.05, 4.69) is 83.9 Å². The highest BCUT2D eigenvalue weighted by Crippen LogP contribution is 2.40. The molecule has 1 aromatic heterocycles. The number of nitrogens with one attached hydrogen (secondary N) is 2. The largest absolute Gasteiger partial charge is 0.375 e. The van der Waals surface area contributed by atoms with Crippen molar-refractivity contribution in [2.45, 2.75) is 71.2 Å². The zero-order chi connectivity index (χ0) is 23.9. The van der Waals surface area contributed by atoms with Crippen molar-refractivity contribution in [2.24, 2.45) is 5.92 Å². The Kier molecular flexibility index (Phi) is 6.48. The Morgan fingerprint density at radius 2 is 1.88 bits per heavy atom. The fraction of sp³-hybridized carbons (Fsp3) is 0.481. The molecule has 0 amide bonds. The monoisotopic (exact) mass is 440 g/mol. The van der Waals surface area contributed by atoms with E-state index in [0.29, 0.717) is 5.92 Å². The number of allylic oxidation sites excluding steroid dienone is 1. The summed E-state index contributed by atoms with van der Waals surface area (Å²) in [4.78, 5) is 7.79. The van der Waals surface area contributed by atoms with Crippen molar-refractivity contribution in [2.75, 3.05) is 7.05 Å². The number of aryl methyl sites for hydroxylation is 3. The van der Waals surface area contributed by atoms with Gasteiger partial charge in [-0.3, -0.25) is 4.98 Å².